The second-order valence-electron chi connectivity index (χ2n) is 3.88. The molecule has 1 atom stereocenters. The number of carbonyl (C=O) groups is 1. The zero-order chi connectivity index (χ0) is 12.8. The Morgan fingerprint density at radius 3 is 2.59 bits per heavy atom. The van der Waals surface area contributed by atoms with Crippen molar-refractivity contribution in [3.63, 3.8) is 0 Å². The second-order valence-corrected chi connectivity index (χ2v) is 3.88. The first-order chi connectivity index (χ1) is 8.04. The van der Waals surface area contributed by atoms with Gasteiger partial charge in [0.2, 0.25) is 0 Å². The Kier molecular flexibility index (Phi) is 4.78. The molecule has 1 aromatic rings. The van der Waals surface area contributed by atoms with Crippen LogP contribution in [0.1, 0.15) is 25.3 Å². The van der Waals surface area contributed by atoms with Crippen LogP contribution in [-0.4, -0.2) is 27.3 Å². The fraction of sp³-hybridized carbons (Fsp3) is 0.417. The lowest BCUT2D eigenvalue weighted by Gasteiger charge is -2.13. The quantitative estimate of drug-likeness (QED) is 0.564. The Morgan fingerprint density at radius 1 is 1.35 bits per heavy atom. The van der Waals surface area contributed by atoms with Crippen LogP contribution in [0.25, 0.3) is 0 Å². The van der Waals surface area contributed by atoms with Gasteiger partial charge in [0.05, 0.1) is 0 Å². The van der Waals surface area contributed by atoms with E-state index in [1.54, 1.807) is 6.07 Å². The zero-order valence-electron chi connectivity index (χ0n) is 9.68. The Bertz CT molecular complexity index is 392. The largest absolute Gasteiger partial charge is 0.504 e. The van der Waals surface area contributed by atoms with E-state index >= 15 is 0 Å². The molecule has 0 amide bonds. The lowest BCUT2D eigenvalue weighted by atomic mass is 10.1. The molecule has 0 heterocycles. The summed E-state index contributed by atoms with van der Waals surface area (Å²) in [5, 5.41) is 30.2. The predicted octanol–water partition coefficient (Wildman–Crippen LogP) is 1.44. The summed E-state index contributed by atoms with van der Waals surface area (Å²) in [4.78, 5) is 10.9. The highest BCUT2D eigenvalue weighted by molar-refractivity contribution is 5.73. The van der Waals surface area contributed by atoms with Crippen LogP contribution in [0.5, 0.6) is 11.5 Å². The summed E-state index contributed by atoms with van der Waals surface area (Å²) >= 11 is 0. The minimum Gasteiger partial charge on any atom is -0.504 e. The van der Waals surface area contributed by atoms with E-state index < -0.39 is 12.0 Å². The third kappa shape index (κ3) is 3.96. The lowest BCUT2D eigenvalue weighted by Crippen LogP contribution is -2.35. The molecule has 5 heteroatoms. The summed E-state index contributed by atoms with van der Waals surface area (Å²) in [5.41, 5.74) is 0.725. The fourth-order valence-corrected chi connectivity index (χ4v) is 1.52. The number of carboxylic acids is 1. The number of aliphatic carboxylic acids is 1. The van der Waals surface area contributed by atoms with E-state index in [4.69, 9.17) is 10.2 Å². The van der Waals surface area contributed by atoms with E-state index in [2.05, 4.69) is 5.32 Å². The minimum atomic E-state index is -0.880. The Morgan fingerprint density at radius 2 is 2.06 bits per heavy atom. The van der Waals surface area contributed by atoms with Crippen LogP contribution >= 0.6 is 0 Å². The fourth-order valence-electron chi connectivity index (χ4n) is 1.52. The molecule has 17 heavy (non-hydrogen) atoms. The number of aromatic hydroxyl groups is 2. The van der Waals surface area contributed by atoms with Gasteiger partial charge in [-0.25, -0.2) is 0 Å². The molecule has 94 valence electrons. The van der Waals surface area contributed by atoms with Gasteiger partial charge in [0, 0.05) is 6.54 Å². The number of benzene rings is 1. The normalized spacial score (nSPS) is 12.3. The molecule has 1 unspecified atom stereocenters. The summed E-state index contributed by atoms with van der Waals surface area (Å²) in [7, 11) is 0. The first-order valence-electron chi connectivity index (χ1n) is 5.51. The van der Waals surface area contributed by atoms with E-state index in [1.807, 2.05) is 6.92 Å². The Labute approximate surface area is 99.7 Å². The number of nitrogens with one attached hydrogen (secondary N) is 1. The maximum Gasteiger partial charge on any atom is 0.320 e. The van der Waals surface area contributed by atoms with Crippen molar-refractivity contribution in [1.29, 1.82) is 0 Å². The molecule has 0 aliphatic carbocycles. The standard InChI is InChI=1S/C12H17NO4/c1-2-3-9(12(16)17)13-7-8-4-5-10(14)11(15)6-8/h4-6,9,13-15H,2-3,7H2,1H3,(H,16,17). The van der Waals surface area contributed by atoms with Gasteiger partial charge in [-0.15, -0.1) is 0 Å². The lowest BCUT2D eigenvalue weighted by molar-refractivity contribution is -0.139. The third-order valence-electron chi connectivity index (χ3n) is 2.47. The maximum atomic E-state index is 10.9. The van der Waals surface area contributed by atoms with Gasteiger partial charge in [-0.3, -0.25) is 4.79 Å². The zero-order valence-corrected chi connectivity index (χ0v) is 9.68. The summed E-state index contributed by atoms with van der Waals surface area (Å²) in [6, 6.07) is 3.83. The van der Waals surface area contributed by atoms with Crippen molar-refractivity contribution in [2.75, 3.05) is 0 Å². The maximum absolute atomic E-state index is 10.9. The number of rotatable bonds is 6. The monoisotopic (exact) mass is 239 g/mol. The summed E-state index contributed by atoms with van der Waals surface area (Å²) in [6.45, 7) is 2.26. The van der Waals surface area contributed by atoms with E-state index in [-0.39, 0.29) is 11.5 Å². The molecule has 0 aliphatic rings. The number of hydrogen-bond donors (Lipinski definition) is 4. The van der Waals surface area contributed by atoms with Gasteiger partial charge in [0.25, 0.3) is 0 Å². The van der Waals surface area contributed by atoms with Crippen molar-refractivity contribution in [2.45, 2.75) is 32.4 Å². The molecule has 0 saturated carbocycles. The van der Waals surface area contributed by atoms with Gasteiger partial charge in [-0.2, -0.15) is 0 Å². The average Bonchev–Trinajstić information content (AvgIpc) is 2.28. The van der Waals surface area contributed by atoms with Gasteiger partial charge >= 0.3 is 5.97 Å². The number of hydrogen-bond acceptors (Lipinski definition) is 4. The topological polar surface area (TPSA) is 89.8 Å². The molecule has 5 nitrogen and oxygen atoms in total. The molecule has 1 aromatic carbocycles. The first-order valence-corrected chi connectivity index (χ1v) is 5.51. The van der Waals surface area contributed by atoms with Gasteiger partial charge in [0.15, 0.2) is 11.5 Å². The SMILES string of the molecule is CCCC(NCc1ccc(O)c(O)c1)C(=O)O. The van der Waals surface area contributed by atoms with Crippen LogP contribution in [0, 0.1) is 0 Å². The first kappa shape index (κ1) is 13.3. The molecular formula is C12H17NO4. The van der Waals surface area contributed by atoms with E-state index in [9.17, 15) is 9.90 Å². The predicted molar refractivity (Wildman–Crippen MR) is 62.9 cm³/mol. The van der Waals surface area contributed by atoms with Crippen LogP contribution in [0.4, 0.5) is 0 Å². The van der Waals surface area contributed by atoms with E-state index in [0.717, 1.165) is 12.0 Å². The Hall–Kier alpha value is -1.75. The second kappa shape index (κ2) is 6.10. The number of phenols is 2. The molecule has 0 fully saturated rings. The average molecular weight is 239 g/mol. The van der Waals surface area contributed by atoms with Crippen LogP contribution in [0.2, 0.25) is 0 Å². The van der Waals surface area contributed by atoms with E-state index in [1.165, 1.54) is 12.1 Å². The Balaban J connectivity index is 2.59. The molecule has 0 bridgehead atoms. The van der Waals surface area contributed by atoms with Crippen LogP contribution in [-0.2, 0) is 11.3 Å². The highest BCUT2D eigenvalue weighted by atomic mass is 16.4. The van der Waals surface area contributed by atoms with Crippen molar-refractivity contribution in [3.8, 4) is 11.5 Å². The summed E-state index contributed by atoms with van der Waals surface area (Å²) < 4.78 is 0. The summed E-state index contributed by atoms with van der Waals surface area (Å²) in [5.74, 6) is -1.27. The van der Waals surface area contributed by atoms with Gasteiger partial charge in [-0.1, -0.05) is 19.4 Å². The minimum absolute atomic E-state index is 0.183. The van der Waals surface area contributed by atoms with Gasteiger partial charge in [-0.05, 0) is 24.1 Å². The van der Waals surface area contributed by atoms with Crippen LogP contribution in [0.15, 0.2) is 18.2 Å². The van der Waals surface area contributed by atoms with Crippen molar-refractivity contribution in [1.82, 2.24) is 5.32 Å². The highest BCUT2D eigenvalue weighted by Gasteiger charge is 2.15. The van der Waals surface area contributed by atoms with Crippen molar-refractivity contribution < 1.29 is 20.1 Å². The molecule has 0 spiro atoms. The van der Waals surface area contributed by atoms with Crippen molar-refractivity contribution in [3.05, 3.63) is 23.8 Å². The summed E-state index contributed by atoms with van der Waals surface area (Å²) in [6.07, 6.45) is 1.34. The van der Waals surface area contributed by atoms with Crippen molar-refractivity contribution >= 4 is 5.97 Å². The van der Waals surface area contributed by atoms with Gasteiger partial charge in [0.1, 0.15) is 6.04 Å². The smallest absolute Gasteiger partial charge is 0.320 e. The molecule has 0 radical (unpaired) electrons. The van der Waals surface area contributed by atoms with Crippen molar-refractivity contribution in [2.24, 2.45) is 0 Å². The van der Waals surface area contributed by atoms with Crippen LogP contribution in [0.3, 0.4) is 0 Å². The number of carboxylic acid groups (broad SMARTS) is 1. The van der Waals surface area contributed by atoms with Crippen LogP contribution < -0.4 is 5.32 Å². The molecular weight excluding hydrogens is 222 g/mol. The molecule has 1 rings (SSSR count). The molecule has 0 aliphatic heterocycles. The molecule has 4 N–H and O–H groups in total. The van der Waals surface area contributed by atoms with Gasteiger partial charge < -0.3 is 20.6 Å². The number of phenolic OH excluding ortho intramolecular Hbond substituents is 2. The third-order valence-corrected chi connectivity index (χ3v) is 2.47. The molecule has 0 saturated heterocycles. The highest BCUT2D eigenvalue weighted by Crippen LogP contribution is 2.24. The molecule has 0 aromatic heterocycles. The van der Waals surface area contributed by atoms with E-state index in [0.29, 0.717) is 13.0 Å².